The van der Waals surface area contributed by atoms with E-state index < -0.39 is 0 Å². The molecule has 0 spiro atoms. The molecule has 0 unspecified atom stereocenters. The van der Waals surface area contributed by atoms with Gasteiger partial charge in [0.15, 0.2) is 0 Å². The molecule has 0 atom stereocenters. The van der Waals surface area contributed by atoms with Crippen molar-refractivity contribution in [3.63, 3.8) is 0 Å². The van der Waals surface area contributed by atoms with Crippen molar-refractivity contribution in [1.82, 2.24) is 0 Å². The summed E-state index contributed by atoms with van der Waals surface area (Å²) >= 11 is 0. The molecule has 190 valence electrons. The minimum atomic E-state index is 0.629. The normalized spacial score (nSPS) is 10.4. The van der Waals surface area contributed by atoms with Crippen LogP contribution >= 0.6 is 0 Å². The van der Waals surface area contributed by atoms with Crippen LogP contribution in [0.1, 0.15) is 0 Å². The molecule has 6 nitrogen and oxygen atoms in total. The van der Waals surface area contributed by atoms with Crippen molar-refractivity contribution < 1.29 is 28.4 Å². The van der Waals surface area contributed by atoms with E-state index in [2.05, 4.69) is 0 Å². The summed E-state index contributed by atoms with van der Waals surface area (Å²) in [5.74, 6) is 6.63. The lowest BCUT2D eigenvalue weighted by Gasteiger charge is -2.12. The number of benzene rings is 5. The fourth-order valence-electron chi connectivity index (χ4n) is 3.68. The van der Waals surface area contributed by atoms with E-state index in [0.717, 1.165) is 11.5 Å². The molecule has 0 amide bonds. The molecule has 5 aromatic carbocycles. The molecular formula is C32H26O6. The third-order valence-corrected chi connectivity index (χ3v) is 5.44. The first-order chi connectivity index (χ1) is 18.7. The molecule has 0 aromatic heterocycles. The van der Waals surface area contributed by atoms with Crippen molar-refractivity contribution >= 4 is 0 Å². The van der Waals surface area contributed by atoms with Gasteiger partial charge in [0.1, 0.15) is 57.5 Å². The van der Waals surface area contributed by atoms with Gasteiger partial charge >= 0.3 is 0 Å². The van der Waals surface area contributed by atoms with Gasteiger partial charge in [-0.2, -0.15) is 0 Å². The van der Waals surface area contributed by atoms with Gasteiger partial charge in [-0.3, -0.25) is 0 Å². The summed E-state index contributed by atoms with van der Waals surface area (Å²) in [4.78, 5) is 0. The molecular weight excluding hydrogens is 480 g/mol. The van der Waals surface area contributed by atoms with Crippen molar-refractivity contribution in [1.29, 1.82) is 0 Å². The highest BCUT2D eigenvalue weighted by Crippen LogP contribution is 2.33. The van der Waals surface area contributed by atoms with Crippen LogP contribution in [-0.4, -0.2) is 14.2 Å². The topological polar surface area (TPSA) is 55.4 Å². The summed E-state index contributed by atoms with van der Waals surface area (Å²) in [6.45, 7) is 0. The molecule has 0 fully saturated rings. The Kier molecular flexibility index (Phi) is 7.61. The lowest BCUT2D eigenvalue weighted by molar-refractivity contribution is 0.408. The van der Waals surface area contributed by atoms with E-state index >= 15 is 0 Å². The Morgan fingerprint density at radius 3 is 0.684 bits per heavy atom. The molecule has 0 aliphatic heterocycles. The lowest BCUT2D eigenvalue weighted by Crippen LogP contribution is -1.90. The van der Waals surface area contributed by atoms with Gasteiger partial charge in [-0.1, -0.05) is 30.3 Å². The number of ether oxygens (including phenoxy) is 6. The first-order valence-electron chi connectivity index (χ1n) is 12.0. The molecule has 0 N–H and O–H groups in total. The predicted molar refractivity (Wildman–Crippen MR) is 146 cm³/mol. The summed E-state index contributed by atoms with van der Waals surface area (Å²) in [6.07, 6.45) is 0. The Morgan fingerprint density at radius 1 is 0.289 bits per heavy atom. The average molecular weight is 507 g/mol. The smallest absolute Gasteiger partial charge is 0.131 e. The van der Waals surface area contributed by atoms with Crippen LogP contribution < -0.4 is 28.4 Å². The van der Waals surface area contributed by atoms with E-state index in [-0.39, 0.29) is 0 Å². The van der Waals surface area contributed by atoms with Gasteiger partial charge in [-0.05, 0) is 60.7 Å². The van der Waals surface area contributed by atoms with Crippen molar-refractivity contribution in [3.8, 4) is 57.5 Å². The van der Waals surface area contributed by atoms with Crippen LogP contribution in [-0.2, 0) is 0 Å². The van der Waals surface area contributed by atoms with E-state index in [1.165, 1.54) is 0 Å². The average Bonchev–Trinajstić information content (AvgIpc) is 2.94. The highest BCUT2D eigenvalue weighted by molar-refractivity contribution is 5.44. The maximum absolute atomic E-state index is 6.08. The van der Waals surface area contributed by atoms with E-state index in [4.69, 9.17) is 28.4 Å². The zero-order valence-corrected chi connectivity index (χ0v) is 21.0. The molecule has 0 radical (unpaired) electrons. The third-order valence-electron chi connectivity index (χ3n) is 5.44. The van der Waals surface area contributed by atoms with Gasteiger partial charge in [-0.15, -0.1) is 0 Å². The summed E-state index contributed by atoms with van der Waals surface area (Å²) in [6, 6.07) is 37.2. The molecule has 0 aliphatic rings. The first kappa shape index (κ1) is 24.6. The largest absolute Gasteiger partial charge is 0.497 e. The van der Waals surface area contributed by atoms with Crippen LogP contribution in [0.3, 0.4) is 0 Å². The molecule has 0 aliphatic carbocycles. The zero-order chi connectivity index (χ0) is 26.2. The highest BCUT2D eigenvalue weighted by Gasteiger charge is 2.06. The van der Waals surface area contributed by atoms with Gasteiger partial charge in [0, 0.05) is 30.3 Å². The Labute approximate surface area is 221 Å². The molecule has 6 heteroatoms. The van der Waals surface area contributed by atoms with Crippen molar-refractivity contribution in [2.45, 2.75) is 0 Å². The van der Waals surface area contributed by atoms with Gasteiger partial charge < -0.3 is 28.4 Å². The van der Waals surface area contributed by atoms with Gasteiger partial charge in [0.25, 0.3) is 0 Å². The van der Waals surface area contributed by atoms with Crippen LogP contribution in [0.5, 0.6) is 57.5 Å². The second kappa shape index (κ2) is 11.8. The van der Waals surface area contributed by atoms with E-state index in [1.807, 2.05) is 121 Å². The molecule has 0 saturated heterocycles. The van der Waals surface area contributed by atoms with Crippen LogP contribution in [0.25, 0.3) is 0 Å². The molecule has 0 saturated carbocycles. The molecule has 5 aromatic rings. The Morgan fingerprint density at radius 2 is 0.474 bits per heavy atom. The molecule has 5 rings (SSSR count). The highest BCUT2D eigenvalue weighted by atomic mass is 16.5. The third kappa shape index (κ3) is 6.56. The number of hydrogen-bond acceptors (Lipinski definition) is 6. The standard InChI is InChI=1S/C32H26O6/c1-33-23-8-3-10-25(18-23)35-27-12-5-14-29(20-27)37-31-16-7-17-32(22-31)38-30-15-6-13-28(21-30)36-26-11-4-9-24(19-26)34-2/h3-22H,1-2H3. The fraction of sp³-hybridized carbons (Fsp3) is 0.0625. The number of methoxy groups -OCH3 is 2. The predicted octanol–water partition coefficient (Wildman–Crippen LogP) is 8.87. The Balaban J connectivity index is 1.25. The van der Waals surface area contributed by atoms with Crippen LogP contribution in [0, 0.1) is 0 Å². The van der Waals surface area contributed by atoms with Crippen molar-refractivity contribution in [2.75, 3.05) is 14.2 Å². The Hall–Kier alpha value is -5.10. The zero-order valence-electron chi connectivity index (χ0n) is 21.0. The summed E-state index contributed by atoms with van der Waals surface area (Å²) < 4.78 is 34.6. The lowest BCUT2D eigenvalue weighted by atomic mass is 10.3. The Bertz CT molecular complexity index is 1400. The van der Waals surface area contributed by atoms with Gasteiger partial charge in [0.2, 0.25) is 0 Å². The van der Waals surface area contributed by atoms with Crippen molar-refractivity contribution in [3.05, 3.63) is 121 Å². The molecule has 0 heterocycles. The number of rotatable bonds is 10. The monoisotopic (exact) mass is 506 g/mol. The fourth-order valence-corrected chi connectivity index (χ4v) is 3.68. The summed E-state index contributed by atoms with van der Waals surface area (Å²) in [5, 5.41) is 0. The van der Waals surface area contributed by atoms with Crippen LogP contribution in [0.2, 0.25) is 0 Å². The van der Waals surface area contributed by atoms with E-state index in [1.54, 1.807) is 14.2 Å². The van der Waals surface area contributed by atoms with E-state index in [9.17, 15) is 0 Å². The minimum Gasteiger partial charge on any atom is -0.497 e. The van der Waals surface area contributed by atoms with Crippen molar-refractivity contribution in [2.24, 2.45) is 0 Å². The summed E-state index contributed by atoms with van der Waals surface area (Å²) in [5.41, 5.74) is 0. The van der Waals surface area contributed by atoms with Gasteiger partial charge in [-0.25, -0.2) is 0 Å². The minimum absolute atomic E-state index is 0.629. The first-order valence-corrected chi connectivity index (χ1v) is 12.0. The van der Waals surface area contributed by atoms with E-state index in [0.29, 0.717) is 46.0 Å². The quantitative estimate of drug-likeness (QED) is 0.189. The maximum Gasteiger partial charge on any atom is 0.131 e. The SMILES string of the molecule is COc1cccc(Oc2cccc(Oc3cccc(Oc4cccc(Oc5cccc(OC)c5)c4)c3)c2)c1. The molecule has 0 bridgehead atoms. The molecule has 38 heavy (non-hydrogen) atoms. The summed E-state index contributed by atoms with van der Waals surface area (Å²) in [7, 11) is 3.25. The van der Waals surface area contributed by atoms with Crippen LogP contribution in [0.4, 0.5) is 0 Å². The second-order valence-corrected chi connectivity index (χ2v) is 8.19. The van der Waals surface area contributed by atoms with Gasteiger partial charge in [0.05, 0.1) is 14.2 Å². The number of hydrogen-bond donors (Lipinski definition) is 0. The second-order valence-electron chi connectivity index (χ2n) is 8.19. The maximum atomic E-state index is 6.08. The van der Waals surface area contributed by atoms with Crippen LogP contribution in [0.15, 0.2) is 121 Å².